The van der Waals surface area contributed by atoms with Crippen molar-refractivity contribution >= 4 is 23.4 Å². The first-order valence-electron chi connectivity index (χ1n) is 6.04. The molecule has 1 aromatic heterocycles. The van der Waals surface area contributed by atoms with E-state index in [1.54, 1.807) is 0 Å². The summed E-state index contributed by atoms with van der Waals surface area (Å²) in [6.07, 6.45) is 1.37. The van der Waals surface area contributed by atoms with Crippen LogP contribution < -0.4 is 16.2 Å². The number of rotatable bonds is 2. The van der Waals surface area contributed by atoms with E-state index in [2.05, 4.69) is 15.6 Å². The van der Waals surface area contributed by atoms with Crippen LogP contribution in [0.3, 0.4) is 0 Å². The highest BCUT2D eigenvalue weighted by Gasteiger charge is 2.26. The highest BCUT2D eigenvalue weighted by molar-refractivity contribution is 6.22. The molecule has 3 amide bonds. The number of hydrogen-bond acceptors (Lipinski definition) is 4. The van der Waals surface area contributed by atoms with Gasteiger partial charge in [-0.2, -0.15) is 0 Å². The van der Waals surface area contributed by atoms with Crippen LogP contribution in [0.4, 0.5) is 5.69 Å². The molecule has 1 aromatic carbocycles. The molecule has 104 valence electrons. The molecule has 3 rings (SSSR count). The van der Waals surface area contributed by atoms with Crippen molar-refractivity contribution in [2.24, 2.45) is 0 Å². The number of nitrogens with one attached hydrogen (secondary N) is 3. The molecule has 0 aliphatic carbocycles. The summed E-state index contributed by atoms with van der Waals surface area (Å²) in [5.41, 5.74) is 0.656. The van der Waals surface area contributed by atoms with Crippen LogP contribution >= 0.6 is 0 Å². The molecular weight excluding hydrogens is 274 g/mol. The third-order valence-electron chi connectivity index (χ3n) is 3.03. The number of carbonyl (C=O) groups excluding carboxylic acids is 3. The molecule has 7 nitrogen and oxygen atoms in total. The number of pyridine rings is 1. The van der Waals surface area contributed by atoms with Gasteiger partial charge in [-0.15, -0.1) is 0 Å². The van der Waals surface area contributed by atoms with Gasteiger partial charge in [-0.25, -0.2) is 0 Å². The monoisotopic (exact) mass is 283 g/mol. The Labute approximate surface area is 118 Å². The minimum atomic E-state index is -0.498. The van der Waals surface area contributed by atoms with Gasteiger partial charge in [0.05, 0.1) is 11.1 Å². The standard InChI is InChI=1S/C14H9N3O4/c18-11-5-7(3-4-15-11)12(19)16-8-1-2-9-10(6-8)14(21)17-13(9)20/h1-6H,(H,15,18)(H,16,19)(H,17,20,21). The Morgan fingerprint density at radius 2 is 1.71 bits per heavy atom. The summed E-state index contributed by atoms with van der Waals surface area (Å²) in [5, 5.41) is 4.73. The van der Waals surface area contributed by atoms with Crippen molar-refractivity contribution in [2.45, 2.75) is 0 Å². The summed E-state index contributed by atoms with van der Waals surface area (Å²) >= 11 is 0. The van der Waals surface area contributed by atoms with Gasteiger partial charge in [-0.05, 0) is 24.3 Å². The summed E-state index contributed by atoms with van der Waals surface area (Å²) in [7, 11) is 0. The molecule has 1 aliphatic heterocycles. The van der Waals surface area contributed by atoms with E-state index in [1.807, 2.05) is 0 Å². The first-order valence-corrected chi connectivity index (χ1v) is 6.04. The summed E-state index contributed by atoms with van der Waals surface area (Å²) in [5.74, 6) is -1.43. The van der Waals surface area contributed by atoms with Gasteiger partial charge in [0, 0.05) is 23.5 Å². The number of hydrogen-bond donors (Lipinski definition) is 3. The van der Waals surface area contributed by atoms with Crippen LogP contribution in [0.1, 0.15) is 31.1 Å². The second-order valence-corrected chi connectivity index (χ2v) is 4.44. The zero-order valence-corrected chi connectivity index (χ0v) is 10.6. The van der Waals surface area contributed by atoms with Crippen molar-refractivity contribution in [3.63, 3.8) is 0 Å². The van der Waals surface area contributed by atoms with Gasteiger partial charge in [0.25, 0.3) is 17.7 Å². The maximum atomic E-state index is 12.0. The van der Waals surface area contributed by atoms with Crippen LogP contribution in [-0.4, -0.2) is 22.7 Å². The van der Waals surface area contributed by atoms with E-state index in [0.717, 1.165) is 0 Å². The second-order valence-electron chi connectivity index (χ2n) is 4.44. The number of amides is 3. The predicted octanol–water partition coefficient (Wildman–Crippen LogP) is 0.511. The van der Waals surface area contributed by atoms with Gasteiger partial charge in [0.15, 0.2) is 0 Å². The number of H-pyrrole nitrogens is 1. The van der Waals surface area contributed by atoms with E-state index in [-0.39, 0.29) is 22.2 Å². The van der Waals surface area contributed by atoms with E-state index in [9.17, 15) is 19.2 Å². The lowest BCUT2D eigenvalue weighted by molar-refractivity contribution is 0.0878. The Hall–Kier alpha value is -3.22. The molecule has 0 bridgehead atoms. The molecule has 1 aliphatic rings. The molecule has 0 unspecified atom stereocenters. The van der Waals surface area contributed by atoms with Gasteiger partial charge in [-0.3, -0.25) is 24.5 Å². The van der Waals surface area contributed by atoms with Crippen molar-refractivity contribution in [3.8, 4) is 0 Å². The van der Waals surface area contributed by atoms with Gasteiger partial charge < -0.3 is 10.3 Å². The molecule has 0 atom stereocenters. The van der Waals surface area contributed by atoms with Gasteiger partial charge in [0.2, 0.25) is 5.56 Å². The zero-order chi connectivity index (χ0) is 15.0. The number of imide groups is 1. The first kappa shape index (κ1) is 12.8. The highest BCUT2D eigenvalue weighted by atomic mass is 16.2. The molecular formula is C14H9N3O4. The smallest absolute Gasteiger partial charge is 0.259 e. The highest BCUT2D eigenvalue weighted by Crippen LogP contribution is 2.20. The van der Waals surface area contributed by atoms with Crippen molar-refractivity contribution in [1.29, 1.82) is 0 Å². The van der Waals surface area contributed by atoms with E-state index in [1.165, 1.54) is 36.5 Å². The van der Waals surface area contributed by atoms with Gasteiger partial charge >= 0.3 is 0 Å². The maximum absolute atomic E-state index is 12.0. The topological polar surface area (TPSA) is 108 Å². The van der Waals surface area contributed by atoms with E-state index in [0.29, 0.717) is 5.69 Å². The third-order valence-corrected chi connectivity index (χ3v) is 3.03. The largest absolute Gasteiger partial charge is 0.329 e. The van der Waals surface area contributed by atoms with Crippen LogP contribution in [0.15, 0.2) is 41.3 Å². The second kappa shape index (κ2) is 4.71. The zero-order valence-electron chi connectivity index (χ0n) is 10.6. The van der Waals surface area contributed by atoms with Crippen molar-refractivity contribution in [3.05, 3.63) is 63.6 Å². The Kier molecular flexibility index (Phi) is 2.87. The Morgan fingerprint density at radius 1 is 0.952 bits per heavy atom. The fraction of sp³-hybridized carbons (Fsp3) is 0. The molecule has 7 heteroatoms. The molecule has 2 heterocycles. The quantitative estimate of drug-likeness (QED) is 0.698. The molecule has 0 fully saturated rings. The fourth-order valence-electron chi connectivity index (χ4n) is 2.03. The average molecular weight is 283 g/mol. The van der Waals surface area contributed by atoms with Crippen LogP contribution in [0.2, 0.25) is 0 Å². The molecule has 3 N–H and O–H groups in total. The molecule has 0 saturated carbocycles. The minimum Gasteiger partial charge on any atom is -0.329 e. The van der Waals surface area contributed by atoms with Crippen LogP contribution in [0.25, 0.3) is 0 Å². The number of aromatic amines is 1. The van der Waals surface area contributed by atoms with Gasteiger partial charge in [-0.1, -0.05) is 0 Å². The Bertz CT molecular complexity index is 838. The molecule has 0 saturated heterocycles. The van der Waals surface area contributed by atoms with Crippen molar-refractivity contribution < 1.29 is 14.4 Å². The molecule has 0 radical (unpaired) electrons. The maximum Gasteiger partial charge on any atom is 0.259 e. The summed E-state index contributed by atoms with van der Waals surface area (Å²) in [6.45, 7) is 0. The van der Waals surface area contributed by atoms with Crippen molar-refractivity contribution in [1.82, 2.24) is 10.3 Å². The lowest BCUT2D eigenvalue weighted by Crippen LogP contribution is -2.19. The minimum absolute atomic E-state index is 0.194. The molecule has 21 heavy (non-hydrogen) atoms. The van der Waals surface area contributed by atoms with Crippen LogP contribution in [0, 0.1) is 0 Å². The number of benzene rings is 1. The SMILES string of the molecule is O=C(Nc1ccc2c(c1)C(=O)NC2=O)c1cc[nH]c(=O)c1. The lowest BCUT2D eigenvalue weighted by atomic mass is 10.1. The Balaban J connectivity index is 1.88. The normalized spacial score (nSPS) is 12.8. The number of aromatic nitrogens is 1. The summed E-state index contributed by atoms with van der Waals surface area (Å²) < 4.78 is 0. The van der Waals surface area contributed by atoms with Crippen LogP contribution in [0.5, 0.6) is 0 Å². The number of anilines is 1. The Morgan fingerprint density at radius 3 is 2.48 bits per heavy atom. The molecule has 2 aromatic rings. The first-order chi connectivity index (χ1) is 10.0. The van der Waals surface area contributed by atoms with Crippen LogP contribution in [-0.2, 0) is 0 Å². The predicted molar refractivity (Wildman–Crippen MR) is 73.3 cm³/mol. The summed E-state index contributed by atoms with van der Waals surface area (Å²) in [6, 6.07) is 7.02. The molecule has 0 spiro atoms. The fourth-order valence-corrected chi connectivity index (χ4v) is 2.03. The summed E-state index contributed by atoms with van der Waals surface area (Å²) in [4.78, 5) is 48.5. The number of carbonyl (C=O) groups is 3. The lowest BCUT2D eigenvalue weighted by Gasteiger charge is -2.05. The van der Waals surface area contributed by atoms with E-state index < -0.39 is 17.7 Å². The van der Waals surface area contributed by atoms with Gasteiger partial charge in [0.1, 0.15) is 0 Å². The number of fused-ring (bicyclic) bond motifs is 1. The van der Waals surface area contributed by atoms with E-state index >= 15 is 0 Å². The van der Waals surface area contributed by atoms with Crippen molar-refractivity contribution in [2.75, 3.05) is 5.32 Å². The van der Waals surface area contributed by atoms with E-state index in [4.69, 9.17) is 0 Å². The third kappa shape index (κ3) is 2.32. The average Bonchev–Trinajstić information content (AvgIpc) is 2.74.